The van der Waals surface area contributed by atoms with Gasteiger partial charge >= 0.3 is 5.97 Å². The van der Waals surface area contributed by atoms with Gasteiger partial charge in [0, 0.05) is 6.92 Å². The summed E-state index contributed by atoms with van der Waals surface area (Å²) in [5.74, 6) is -0.462. The standard InChI is InChI=1S/C36H38O7/c1-27(37)42-35-34(40-24-30-18-10-4-11-19-30)33(39-23-29-16-8-3-9-17-29)32(26-38-22-28-14-6-2-7-15-28)43-36(35)41-25-31-20-12-5-13-21-31/h2-21,32-36H,22-26H2,1H3/t32?,33-,34-,35-,36+/m0/s1. The molecule has 5 rings (SSSR count). The van der Waals surface area contributed by atoms with Gasteiger partial charge in [-0.3, -0.25) is 4.79 Å². The highest BCUT2D eigenvalue weighted by Gasteiger charge is 2.50. The number of rotatable bonds is 14. The van der Waals surface area contributed by atoms with Crippen LogP contribution in [0.1, 0.15) is 29.2 Å². The van der Waals surface area contributed by atoms with Crippen molar-refractivity contribution in [2.75, 3.05) is 6.61 Å². The second kappa shape index (κ2) is 16.1. The van der Waals surface area contributed by atoms with Gasteiger partial charge in [-0.2, -0.15) is 0 Å². The predicted octanol–water partition coefficient (Wildman–Crippen LogP) is 6.25. The first-order chi connectivity index (χ1) is 21.2. The minimum Gasteiger partial charge on any atom is -0.454 e. The van der Waals surface area contributed by atoms with Crippen LogP contribution in [0.2, 0.25) is 0 Å². The third-order valence-corrected chi connectivity index (χ3v) is 7.11. The predicted molar refractivity (Wildman–Crippen MR) is 162 cm³/mol. The van der Waals surface area contributed by atoms with Crippen molar-refractivity contribution in [3.8, 4) is 0 Å². The molecule has 0 spiro atoms. The molecule has 0 aliphatic carbocycles. The zero-order chi connectivity index (χ0) is 29.7. The first-order valence-corrected chi connectivity index (χ1v) is 14.6. The Bertz CT molecular complexity index is 1350. The maximum Gasteiger partial charge on any atom is 0.303 e. The van der Waals surface area contributed by atoms with Crippen LogP contribution in [-0.4, -0.2) is 43.3 Å². The summed E-state index contributed by atoms with van der Waals surface area (Å²) in [4.78, 5) is 12.4. The molecular weight excluding hydrogens is 544 g/mol. The number of ether oxygens (including phenoxy) is 6. The Kier molecular flexibility index (Phi) is 11.5. The van der Waals surface area contributed by atoms with E-state index in [1.165, 1.54) is 6.92 Å². The summed E-state index contributed by atoms with van der Waals surface area (Å²) in [6.07, 6.45) is -3.68. The van der Waals surface area contributed by atoms with E-state index in [0.717, 1.165) is 22.3 Å². The Morgan fingerprint density at radius 3 is 1.44 bits per heavy atom. The topological polar surface area (TPSA) is 72.5 Å². The van der Waals surface area contributed by atoms with E-state index in [1.54, 1.807) is 0 Å². The Morgan fingerprint density at radius 2 is 0.977 bits per heavy atom. The Balaban J connectivity index is 1.41. The van der Waals surface area contributed by atoms with E-state index >= 15 is 0 Å². The van der Waals surface area contributed by atoms with Crippen LogP contribution in [0.4, 0.5) is 0 Å². The summed E-state index contributed by atoms with van der Waals surface area (Å²) in [5, 5.41) is 0. The molecule has 1 fully saturated rings. The zero-order valence-corrected chi connectivity index (χ0v) is 24.3. The van der Waals surface area contributed by atoms with Crippen LogP contribution in [0.25, 0.3) is 0 Å². The van der Waals surface area contributed by atoms with Gasteiger partial charge in [-0.1, -0.05) is 121 Å². The van der Waals surface area contributed by atoms with Gasteiger partial charge in [0.2, 0.25) is 0 Å². The van der Waals surface area contributed by atoms with Gasteiger partial charge in [-0.05, 0) is 22.3 Å². The third-order valence-electron chi connectivity index (χ3n) is 7.11. The SMILES string of the molecule is CC(=O)O[C@@H]1[C@H](OCc2ccccc2)OC(COCc2ccccc2)[C@H](OCc2ccccc2)[C@@H]1OCc1ccccc1. The van der Waals surface area contributed by atoms with Crippen LogP contribution in [0, 0.1) is 0 Å². The average molecular weight is 583 g/mol. The van der Waals surface area contributed by atoms with E-state index in [-0.39, 0.29) is 19.8 Å². The molecule has 4 aromatic carbocycles. The van der Waals surface area contributed by atoms with Gasteiger partial charge in [-0.15, -0.1) is 0 Å². The van der Waals surface area contributed by atoms with E-state index in [4.69, 9.17) is 28.4 Å². The molecule has 1 heterocycles. The summed E-state index contributed by atoms with van der Waals surface area (Å²) in [7, 11) is 0. The normalized spacial score (nSPS) is 21.7. The molecule has 43 heavy (non-hydrogen) atoms. The minimum absolute atomic E-state index is 0.220. The quantitative estimate of drug-likeness (QED) is 0.163. The van der Waals surface area contributed by atoms with E-state index in [0.29, 0.717) is 13.2 Å². The number of carbonyl (C=O) groups excluding carboxylic acids is 1. The molecule has 7 heteroatoms. The number of hydrogen-bond donors (Lipinski definition) is 0. The largest absolute Gasteiger partial charge is 0.454 e. The fourth-order valence-corrected chi connectivity index (χ4v) is 5.01. The van der Waals surface area contributed by atoms with Crippen molar-refractivity contribution in [2.45, 2.75) is 64.1 Å². The second-order valence-corrected chi connectivity index (χ2v) is 10.4. The number of hydrogen-bond acceptors (Lipinski definition) is 7. The van der Waals surface area contributed by atoms with Crippen molar-refractivity contribution in [1.82, 2.24) is 0 Å². The first kappa shape index (κ1) is 30.6. The molecule has 0 radical (unpaired) electrons. The van der Waals surface area contributed by atoms with Gasteiger partial charge in [0.05, 0.1) is 33.0 Å². The van der Waals surface area contributed by atoms with E-state index in [9.17, 15) is 4.79 Å². The average Bonchev–Trinajstić information content (AvgIpc) is 3.05. The van der Waals surface area contributed by atoms with Crippen LogP contribution < -0.4 is 0 Å². The lowest BCUT2D eigenvalue weighted by atomic mass is 9.97. The lowest BCUT2D eigenvalue weighted by Gasteiger charge is -2.45. The van der Waals surface area contributed by atoms with Gasteiger partial charge in [0.1, 0.15) is 18.3 Å². The molecule has 0 N–H and O–H groups in total. The minimum atomic E-state index is -0.910. The van der Waals surface area contributed by atoms with Crippen LogP contribution in [-0.2, 0) is 59.6 Å². The molecule has 0 aromatic heterocycles. The Labute approximate surface area is 253 Å². The number of carbonyl (C=O) groups is 1. The van der Waals surface area contributed by atoms with Crippen LogP contribution in [0.3, 0.4) is 0 Å². The van der Waals surface area contributed by atoms with Gasteiger partial charge in [0.25, 0.3) is 0 Å². The monoisotopic (exact) mass is 582 g/mol. The molecule has 4 aromatic rings. The van der Waals surface area contributed by atoms with Crippen LogP contribution in [0.5, 0.6) is 0 Å². The van der Waals surface area contributed by atoms with Crippen molar-refractivity contribution in [1.29, 1.82) is 0 Å². The van der Waals surface area contributed by atoms with Gasteiger partial charge < -0.3 is 28.4 Å². The molecule has 1 saturated heterocycles. The molecule has 1 aliphatic heterocycles. The molecule has 0 saturated carbocycles. The van der Waals surface area contributed by atoms with E-state index < -0.39 is 36.7 Å². The summed E-state index contributed by atoms with van der Waals surface area (Å²) < 4.78 is 37.9. The second-order valence-electron chi connectivity index (χ2n) is 10.4. The van der Waals surface area contributed by atoms with Crippen molar-refractivity contribution in [3.05, 3.63) is 144 Å². The van der Waals surface area contributed by atoms with E-state index in [2.05, 4.69) is 0 Å². The van der Waals surface area contributed by atoms with Gasteiger partial charge in [0.15, 0.2) is 12.4 Å². The molecular formula is C36H38O7. The molecule has 1 unspecified atom stereocenters. The highest BCUT2D eigenvalue weighted by molar-refractivity contribution is 5.66. The highest BCUT2D eigenvalue weighted by Crippen LogP contribution is 2.31. The lowest BCUT2D eigenvalue weighted by molar-refractivity contribution is -0.323. The summed E-state index contributed by atoms with van der Waals surface area (Å²) >= 11 is 0. The lowest BCUT2D eigenvalue weighted by Crippen LogP contribution is -2.62. The van der Waals surface area contributed by atoms with Crippen molar-refractivity contribution in [2.24, 2.45) is 0 Å². The Hall–Kier alpha value is -3.85. The van der Waals surface area contributed by atoms with Crippen molar-refractivity contribution >= 4 is 5.97 Å². The van der Waals surface area contributed by atoms with Crippen LogP contribution >= 0.6 is 0 Å². The fourth-order valence-electron chi connectivity index (χ4n) is 5.01. The summed E-state index contributed by atoms with van der Waals surface area (Å²) in [5.41, 5.74) is 4.00. The number of esters is 1. The number of benzene rings is 4. The van der Waals surface area contributed by atoms with Gasteiger partial charge in [-0.25, -0.2) is 0 Å². The maximum absolute atomic E-state index is 12.4. The maximum atomic E-state index is 12.4. The first-order valence-electron chi connectivity index (χ1n) is 14.6. The fraction of sp³-hybridized carbons (Fsp3) is 0.306. The van der Waals surface area contributed by atoms with Crippen molar-refractivity contribution < 1.29 is 33.2 Å². The summed E-state index contributed by atoms with van der Waals surface area (Å²) in [6.45, 7) is 2.87. The van der Waals surface area contributed by atoms with Crippen LogP contribution in [0.15, 0.2) is 121 Å². The zero-order valence-electron chi connectivity index (χ0n) is 24.3. The molecule has 0 amide bonds. The molecule has 1 aliphatic rings. The smallest absolute Gasteiger partial charge is 0.303 e. The Morgan fingerprint density at radius 1 is 0.558 bits per heavy atom. The third kappa shape index (κ3) is 9.32. The van der Waals surface area contributed by atoms with Crippen molar-refractivity contribution in [3.63, 3.8) is 0 Å². The molecule has 0 bridgehead atoms. The molecule has 5 atom stereocenters. The molecule has 224 valence electrons. The molecule has 7 nitrogen and oxygen atoms in total. The van der Waals surface area contributed by atoms with E-state index in [1.807, 2.05) is 121 Å². The highest BCUT2D eigenvalue weighted by atomic mass is 16.7. The summed E-state index contributed by atoms with van der Waals surface area (Å²) in [6, 6.07) is 39.5.